The number of carbonyl (C=O) groups excluding carboxylic acids is 2. The maximum absolute atomic E-state index is 13.2. The van der Waals surface area contributed by atoms with Gasteiger partial charge in [0.15, 0.2) is 0 Å². The molecular weight excluding hydrogens is 444 g/mol. The van der Waals surface area contributed by atoms with Gasteiger partial charge in [-0.15, -0.1) is 11.8 Å². The van der Waals surface area contributed by atoms with E-state index >= 15 is 0 Å². The van der Waals surface area contributed by atoms with Crippen LogP contribution in [0.4, 0.5) is 0 Å². The first-order valence-electron chi connectivity index (χ1n) is 10.9. The Bertz CT molecular complexity index is 856. The average Bonchev–Trinajstić information content (AvgIpc) is 2.79. The first-order chi connectivity index (χ1) is 15.3. The number of rotatable bonds is 12. The van der Waals surface area contributed by atoms with Gasteiger partial charge in [-0.1, -0.05) is 44.5 Å². The summed E-state index contributed by atoms with van der Waals surface area (Å²) >= 11 is 7.55. The highest BCUT2D eigenvalue weighted by Gasteiger charge is 2.28. The van der Waals surface area contributed by atoms with Crippen LogP contribution in [-0.2, 0) is 16.1 Å². The zero-order valence-corrected chi connectivity index (χ0v) is 20.8. The van der Waals surface area contributed by atoms with Crippen LogP contribution in [0, 0.1) is 5.92 Å². The summed E-state index contributed by atoms with van der Waals surface area (Å²) in [7, 11) is 1.62. The Kier molecular flexibility index (Phi) is 10.9. The van der Waals surface area contributed by atoms with Crippen molar-refractivity contribution < 1.29 is 14.3 Å². The SMILES string of the molecule is CC[C@@H](C(=O)NCC(C)C)N(Cc1ccc(OC)cc1)C(=O)CCSc1ccc(Cl)cc1. The fourth-order valence-electron chi connectivity index (χ4n) is 3.20. The molecule has 0 heterocycles. The van der Waals surface area contributed by atoms with Gasteiger partial charge in [0.25, 0.3) is 0 Å². The molecule has 2 amide bonds. The lowest BCUT2D eigenvalue weighted by molar-refractivity contribution is -0.141. The Morgan fingerprint density at radius 2 is 1.75 bits per heavy atom. The number of ether oxygens (including phenoxy) is 1. The zero-order chi connectivity index (χ0) is 23.5. The molecule has 0 bridgehead atoms. The monoisotopic (exact) mass is 476 g/mol. The summed E-state index contributed by atoms with van der Waals surface area (Å²) < 4.78 is 5.23. The molecule has 0 fully saturated rings. The molecule has 174 valence electrons. The third-order valence-electron chi connectivity index (χ3n) is 4.98. The van der Waals surface area contributed by atoms with Crippen LogP contribution in [-0.4, -0.2) is 42.2 Å². The van der Waals surface area contributed by atoms with E-state index in [1.807, 2.05) is 55.5 Å². The second-order valence-electron chi connectivity index (χ2n) is 7.99. The molecule has 1 N–H and O–H groups in total. The third-order valence-corrected chi connectivity index (χ3v) is 6.25. The predicted octanol–water partition coefficient (Wildman–Crippen LogP) is 5.41. The van der Waals surface area contributed by atoms with Crippen molar-refractivity contribution in [2.45, 2.75) is 51.1 Å². The van der Waals surface area contributed by atoms with Crippen LogP contribution in [0.1, 0.15) is 39.2 Å². The number of amides is 2. The minimum Gasteiger partial charge on any atom is -0.497 e. The normalized spacial score (nSPS) is 11.8. The van der Waals surface area contributed by atoms with E-state index in [1.54, 1.807) is 23.8 Å². The molecule has 0 unspecified atom stereocenters. The van der Waals surface area contributed by atoms with Gasteiger partial charge in [0, 0.05) is 35.2 Å². The summed E-state index contributed by atoms with van der Waals surface area (Å²) in [6.07, 6.45) is 0.896. The maximum Gasteiger partial charge on any atom is 0.242 e. The molecule has 2 aromatic rings. The number of thioether (sulfide) groups is 1. The number of methoxy groups -OCH3 is 1. The molecule has 1 atom stereocenters. The van der Waals surface area contributed by atoms with Gasteiger partial charge in [-0.25, -0.2) is 0 Å². The van der Waals surface area contributed by atoms with Crippen molar-refractivity contribution in [1.29, 1.82) is 0 Å². The highest BCUT2D eigenvalue weighted by molar-refractivity contribution is 7.99. The third kappa shape index (κ3) is 8.40. The van der Waals surface area contributed by atoms with Crippen molar-refractivity contribution in [1.82, 2.24) is 10.2 Å². The molecule has 0 aliphatic heterocycles. The van der Waals surface area contributed by atoms with E-state index < -0.39 is 6.04 Å². The molecule has 5 nitrogen and oxygen atoms in total. The molecule has 7 heteroatoms. The average molecular weight is 477 g/mol. The molecule has 0 spiro atoms. The largest absolute Gasteiger partial charge is 0.497 e. The lowest BCUT2D eigenvalue weighted by Crippen LogP contribution is -2.49. The van der Waals surface area contributed by atoms with E-state index in [0.29, 0.717) is 42.6 Å². The van der Waals surface area contributed by atoms with Crippen molar-refractivity contribution in [3.63, 3.8) is 0 Å². The molecule has 0 aliphatic rings. The Balaban J connectivity index is 2.11. The standard InChI is InChI=1S/C25H33ClN2O3S/c1-5-23(25(30)27-16-18(2)3)28(17-19-6-10-21(31-4)11-7-19)24(29)14-15-32-22-12-8-20(26)9-13-22/h6-13,18,23H,5,14-17H2,1-4H3,(H,27,30)/t23-/m0/s1. The van der Waals surface area contributed by atoms with E-state index in [2.05, 4.69) is 19.2 Å². The highest BCUT2D eigenvalue weighted by atomic mass is 35.5. The molecule has 0 saturated carbocycles. The Morgan fingerprint density at radius 3 is 2.31 bits per heavy atom. The maximum atomic E-state index is 13.2. The van der Waals surface area contributed by atoms with E-state index in [1.165, 1.54) is 0 Å². The minimum atomic E-state index is -0.510. The first kappa shape index (κ1) is 26.1. The molecule has 0 aliphatic carbocycles. The van der Waals surface area contributed by atoms with Gasteiger partial charge in [0.05, 0.1) is 7.11 Å². The van der Waals surface area contributed by atoms with Crippen LogP contribution in [0.3, 0.4) is 0 Å². The molecule has 0 aromatic heterocycles. The lowest BCUT2D eigenvalue weighted by Gasteiger charge is -2.31. The van der Waals surface area contributed by atoms with Gasteiger partial charge < -0.3 is 15.0 Å². The number of nitrogens with zero attached hydrogens (tertiary/aromatic N) is 1. The molecule has 0 radical (unpaired) electrons. The van der Waals surface area contributed by atoms with Gasteiger partial charge in [0.2, 0.25) is 11.8 Å². The summed E-state index contributed by atoms with van der Waals surface area (Å²) in [5.41, 5.74) is 0.958. The second kappa shape index (κ2) is 13.4. The van der Waals surface area contributed by atoms with Crippen LogP contribution in [0.2, 0.25) is 5.02 Å². The van der Waals surface area contributed by atoms with Gasteiger partial charge in [-0.2, -0.15) is 0 Å². The zero-order valence-electron chi connectivity index (χ0n) is 19.3. The van der Waals surface area contributed by atoms with Crippen LogP contribution in [0.15, 0.2) is 53.4 Å². The van der Waals surface area contributed by atoms with Gasteiger partial charge in [-0.05, 0) is 54.3 Å². The Labute approximate surface area is 200 Å². The van der Waals surface area contributed by atoms with Crippen molar-refractivity contribution in [3.8, 4) is 5.75 Å². The van der Waals surface area contributed by atoms with E-state index in [4.69, 9.17) is 16.3 Å². The lowest BCUT2D eigenvalue weighted by atomic mass is 10.1. The summed E-state index contributed by atoms with van der Waals surface area (Å²) in [6.45, 7) is 7.01. The number of hydrogen-bond donors (Lipinski definition) is 1. The van der Waals surface area contributed by atoms with E-state index in [0.717, 1.165) is 16.2 Å². The number of hydrogen-bond acceptors (Lipinski definition) is 4. The quantitative estimate of drug-likeness (QED) is 0.416. The molecule has 2 aromatic carbocycles. The van der Waals surface area contributed by atoms with Crippen molar-refractivity contribution in [2.75, 3.05) is 19.4 Å². The topological polar surface area (TPSA) is 58.6 Å². The summed E-state index contributed by atoms with van der Waals surface area (Å²) in [5, 5.41) is 3.68. The fourth-order valence-corrected chi connectivity index (χ4v) is 4.17. The van der Waals surface area contributed by atoms with E-state index in [-0.39, 0.29) is 11.8 Å². The Morgan fingerprint density at radius 1 is 1.09 bits per heavy atom. The minimum absolute atomic E-state index is 0.0335. The summed E-state index contributed by atoms with van der Waals surface area (Å²) in [6, 6.07) is 14.7. The summed E-state index contributed by atoms with van der Waals surface area (Å²) in [4.78, 5) is 28.9. The molecular formula is C25H33ClN2O3S. The van der Waals surface area contributed by atoms with Crippen molar-refractivity contribution in [3.05, 3.63) is 59.1 Å². The van der Waals surface area contributed by atoms with Gasteiger partial charge in [0.1, 0.15) is 11.8 Å². The van der Waals surface area contributed by atoms with Crippen molar-refractivity contribution >= 4 is 35.2 Å². The van der Waals surface area contributed by atoms with Gasteiger partial charge >= 0.3 is 0 Å². The number of carbonyl (C=O) groups is 2. The van der Waals surface area contributed by atoms with Crippen LogP contribution in [0.5, 0.6) is 5.75 Å². The molecule has 2 rings (SSSR count). The first-order valence-corrected chi connectivity index (χ1v) is 12.3. The van der Waals surface area contributed by atoms with Gasteiger partial charge in [-0.3, -0.25) is 9.59 Å². The van der Waals surface area contributed by atoms with E-state index in [9.17, 15) is 9.59 Å². The fraction of sp³-hybridized carbons (Fsp3) is 0.440. The summed E-state index contributed by atoms with van der Waals surface area (Å²) in [5.74, 6) is 1.59. The number of nitrogens with one attached hydrogen (secondary N) is 1. The van der Waals surface area contributed by atoms with Crippen LogP contribution in [0.25, 0.3) is 0 Å². The Hall–Kier alpha value is -2.18. The number of halogens is 1. The molecule has 0 saturated heterocycles. The predicted molar refractivity (Wildman–Crippen MR) is 132 cm³/mol. The molecule has 32 heavy (non-hydrogen) atoms. The highest BCUT2D eigenvalue weighted by Crippen LogP contribution is 2.22. The van der Waals surface area contributed by atoms with Crippen molar-refractivity contribution in [2.24, 2.45) is 5.92 Å². The smallest absolute Gasteiger partial charge is 0.242 e. The van der Waals surface area contributed by atoms with Crippen LogP contribution >= 0.6 is 23.4 Å². The second-order valence-corrected chi connectivity index (χ2v) is 9.59. The number of benzene rings is 2. The van der Waals surface area contributed by atoms with Crippen LogP contribution < -0.4 is 10.1 Å².